The lowest BCUT2D eigenvalue weighted by molar-refractivity contribution is -0.907. The van der Waals surface area contributed by atoms with Crippen molar-refractivity contribution in [1.29, 1.82) is 0 Å². The lowest BCUT2D eigenvalue weighted by Gasteiger charge is -2.32. The first-order valence-electron chi connectivity index (χ1n) is 8.35. The van der Waals surface area contributed by atoms with Gasteiger partial charge in [-0.3, -0.25) is 4.79 Å². The number of morpholine rings is 1. The highest BCUT2D eigenvalue weighted by atomic mass is 16.5. The first-order valence-corrected chi connectivity index (χ1v) is 8.35. The van der Waals surface area contributed by atoms with Crippen molar-refractivity contribution >= 4 is 5.91 Å². The Balaban J connectivity index is 1.69. The summed E-state index contributed by atoms with van der Waals surface area (Å²) in [7, 11) is 0. The van der Waals surface area contributed by atoms with E-state index in [0.29, 0.717) is 6.54 Å². The number of carbonyl (C=O) groups is 1. The Morgan fingerprint density at radius 1 is 1.27 bits per heavy atom. The summed E-state index contributed by atoms with van der Waals surface area (Å²) in [5.74, 6) is 0.150. The van der Waals surface area contributed by atoms with Crippen molar-refractivity contribution in [3.63, 3.8) is 0 Å². The number of carbonyl (C=O) groups excluding carboxylic acids is 1. The van der Waals surface area contributed by atoms with Crippen LogP contribution in [0.15, 0.2) is 30.3 Å². The van der Waals surface area contributed by atoms with Crippen molar-refractivity contribution in [1.82, 2.24) is 5.32 Å². The van der Waals surface area contributed by atoms with E-state index in [1.54, 1.807) is 0 Å². The van der Waals surface area contributed by atoms with Crippen molar-refractivity contribution in [2.45, 2.75) is 51.9 Å². The number of rotatable bonds is 6. The van der Waals surface area contributed by atoms with E-state index in [2.05, 4.69) is 50.4 Å². The predicted molar refractivity (Wildman–Crippen MR) is 87.9 cm³/mol. The van der Waals surface area contributed by atoms with E-state index in [1.807, 2.05) is 6.07 Å². The van der Waals surface area contributed by atoms with Gasteiger partial charge in [-0.05, 0) is 39.2 Å². The molecular weight excluding hydrogens is 276 g/mol. The number of hydrogen-bond donors (Lipinski definition) is 2. The molecule has 1 saturated heterocycles. The Kier molecular flexibility index (Phi) is 6.40. The van der Waals surface area contributed by atoms with Crippen LogP contribution < -0.4 is 10.2 Å². The number of aryl methyl sites for hydroxylation is 1. The highest BCUT2D eigenvalue weighted by Gasteiger charge is 2.27. The maximum atomic E-state index is 12.2. The van der Waals surface area contributed by atoms with Gasteiger partial charge < -0.3 is 15.0 Å². The topological polar surface area (TPSA) is 42.8 Å². The number of hydrogen-bond acceptors (Lipinski definition) is 2. The second-order valence-electron chi connectivity index (χ2n) is 6.59. The molecule has 1 fully saturated rings. The Bertz CT molecular complexity index is 453. The Labute approximate surface area is 133 Å². The van der Waals surface area contributed by atoms with Crippen LogP contribution in [0.5, 0.6) is 0 Å². The number of ether oxygens (including phenoxy) is 1. The zero-order valence-corrected chi connectivity index (χ0v) is 14.0. The number of benzene rings is 1. The van der Waals surface area contributed by atoms with E-state index in [1.165, 1.54) is 10.5 Å². The van der Waals surface area contributed by atoms with Crippen LogP contribution in [0, 0.1) is 0 Å². The van der Waals surface area contributed by atoms with E-state index in [4.69, 9.17) is 4.74 Å². The predicted octanol–water partition coefficient (Wildman–Crippen LogP) is 0.816. The van der Waals surface area contributed by atoms with Gasteiger partial charge in [0.25, 0.3) is 5.91 Å². The van der Waals surface area contributed by atoms with Gasteiger partial charge in [0.2, 0.25) is 0 Å². The second-order valence-corrected chi connectivity index (χ2v) is 6.59. The highest BCUT2D eigenvalue weighted by molar-refractivity contribution is 5.77. The summed E-state index contributed by atoms with van der Waals surface area (Å²) in [6.45, 7) is 8.62. The molecule has 4 nitrogen and oxygen atoms in total. The summed E-state index contributed by atoms with van der Waals surface area (Å²) in [6, 6.07) is 10.6. The van der Waals surface area contributed by atoms with Crippen LogP contribution in [0.2, 0.25) is 0 Å². The minimum atomic E-state index is 0.150. The smallest absolute Gasteiger partial charge is 0.275 e. The standard InChI is InChI=1S/C18H28N2O2/c1-14(9-10-17-7-5-4-6-8-17)19-18(21)13-20-11-15(2)22-16(3)12-20/h4-8,14-16H,9-13H2,1-3H3,(H,19,21)/p+1/t14-,15-,16+/m0/s1. The van der Waals surface area contributed by atoms with Gasteiger partial charge in [0.1, 0.15) is 25.3 Å². The lowest BCUT2D eigenvalue weighted by Crippen LogP contribution is -3.16. The van der Waals surface area contributed by atoms with Gasteiger partial charge in [-0.15, -0.1) is 0 Å². The summed E-state index contributed by atoms with van der Waals surface area (Å²) in [4.78, 5) is 13.5. The molecule has 4 heteroatoms. The summed E-state index contributed by atoms with van der Waals surface area (Å²) < 4.78 is 5.71. The van der Waals surface area contributed by atoms with Gasteiger partial charge in [-0.25, -0.2) is 0 Å². The fourth-order valence-electron chi connectivity index (χ4n) is 3.19. The van der Waals surface area contributed by atoms with E-state index < -0.39 is 0 Å². The van der Waals surface area contributed by atoms with E-state index >= 15 is 0 Å². The van der Waals surface area contributed by atoms with E-state index in [9.17, 15) is 4.79 Å². The molecule has 1 unspecified atom stereocenters. The molecular formula is C18H29N2O2+. The average Bonchev–Trinajstić information content (AvgIpc) is 2.45. The largest absolute Gasteiger partial charge is 0.364 e. The fourth-order valence-corrected chi connectivity index (χ4v) is 3.19. The van der Waals surface area contributed by atoms with Crippen molar-refractivity contribution in [3.05, 3.63) is 35.9 Å². The molecule has 4 atom stereocenters. The number of quaternary nitrogens is 1. The summed E-state index contributed by atoms with van der Waals surface area (Å²) in [6.07, 6.45) is 2.45. The Morgan fingerprint density at radius 3 is 2.55 bits per heavy atom. The summed E-state index contributed by atoms with van der Waals surface area (Å²) in [5.41, 5.74) is 1.32. The van der Waals surface area contributed by atoms with Crippen LogP contribution >= 0.6 is 0 Å². The van der Waals surface area contributed by atoms with Gasteiger partial charge in [0.05, 0.1) is 0 Å². The fraction of sp³-hybridized carbons (Fsp3) is 0.611. The molecule has 1 aromatic carbocycles. The first-order chi connectivity index (χ1) is 10.5. The number of nitrogens with one attached hydrogen (secondary N) is 2. The molecule has 0 bridgehead atoms. The van der Waals surface area contributed by atoms with Gasteiger partial charge >= 0.3 is 0 Å². The van der Waals surface area contributed by atoms with Crippen molar-refractivity contribution in [2.24, 2.45) is 0 Å². The minimum absolute atomic E-state index is 0.150. The first kappa shape index (κ1) is 17.0. The van der Waals surface area contributed by atoms with Crippen LogP contribution in [-0.2, 0) is 16.0 Å². The van der Waals surface area contributed by atoms with Crippen molar-refractivity contribution in [3.8, 4) is 0 Å². The maximum Gasteiger partial charge on any atom is 0.275 e. The summed E-state index contributed by atoms with van der Waals surface area (Å²) in [5, 5.41) is 3.13. The van der Waals surface area contributed by atoms with Crippen LogP contribution in [0.3, 0.4) is 0 Å². The third-order valence-electron chi connectivity index (χ3n) is 4.14. The molecule has 1 amide bonds. The zero-order valence-electron chi connectivity index (χ0n) is 14.0. The molecule has 1 heterocycles. The molecule has 0 aliphatic carbocycles. The molecule has 22 heavy (non-hydrogen) atoms. The van der Waals surface area contributed by atoms with Gasteiger partial charge in [0.15, 0.2) is 6.54 Å². The lowest BCUT2D eigenvalue weighted by atomic mass is 10.1. The van der Waals surface area contributed by atoms with Crippen LogP contribution in [0.25, 0.3) is 0 Å². The minimum Gasteiger partial charge on any atom is -0.364 e. The van der Waals surface area contributed by atoms with Crippen LogP contribution in [-0.4, -0.2) is 43.8 Å². The molecule has 1 aromatic rings. The molecule has 1 aliphatic heterocycles. The van der Waals surface area contributed by atoms with Crippen molar-refractivity contribution in [2.75, 3.05) is 19.6 Å². The molecule has 0 spiro atoms. The monoisotopic (exact) mass is 305 g/mol. The number of amides is 1. The zero-order chi connectivity index (χ0) is 15.9. The second kappa shape index (κ2) is 8.30. The third-order valence-corrected chi connectivity index (χ3v) is 4.14. The Hall–Kier alpha value is -1.39. The molecule has 122 valence electrons. The van der Waals surface area contributed by atoms with E-state index in [0.717, 1.165) is 25.9 Å². The normalized spacial score (nSPS) is 26.4. The molecule has 2 N–H and O–H groups in total. The molecule has 1 aliphatic rings. The van der Waals surface area contributed by atoms with Gasteiger partial charge in [-0.1, -0.05) is 30.3 Å². The third kappa shape index (κ3) is 5.78. The molecule has 2 rings (SSSR count). The van der Waals surface area contributed by atoms with Crippen LogP contribution in [0.4, 0.5) is 0 Å². The van der Waals surface area contributed by atoms with Crippen molar-refractivity contribution < 1.29 is 14.4 Å². The highest BCUT2D eigenvalue weighted by Crippen LogP contribution is 2.04. The van der Waals surface area contributed by atoms with Gasteiger partial charge in [-0.2, -0.15) is 0 Å². The maximum absolute atomic E-state index is 12.2. The summed E-state index contributed by atoms with van der Waals surface area (Å²) >= 11 is 0. The molecule has 0 radical (unpaired) electrons. The Morgan fingerprint density at radius 2 is 1.91 bits per heavy atom. The van der Waals surface area contributed by atoms with Gasteiger partial charge in [0, 0.05) is 6.04 Å². The molecule has 0 aromatic heterocycles. The van der Waals surface area contributed by atoms with E-state index in [-0.39, 0.29) is 24.2 Å². The van der Waals surface area contributed by atoms with Crippen LogP contribution in [0.1, 0.15) is 32.8 Å². The SMILES string of the molecule is C[C@@H]1C[NH+](CC(=O)N[C@@H](C)CCc2ccccc2)C[C@H](C)O1. The molecule has 0 saturated carbocycles. The average molecular weight is 305 g/mol. The quantitative estimate of drug-likeness (QED) is 0.817.